The van der Waals surface area contributed by atoms with Gasteiger partial charge in [-0.2, -0.15) is 0 Å². The minimum absolute atomic E-state index is 0. The van der Waals surface area contributed by atoms with Gasteiger partial charge in [0.2, 0.25) is 0 Å². The molecule has 1 heterocycles. The fraction of sp³-hybridized carbons (Fsp3) is 0.229. The first-order valence-electron chi connectivity index (χ1n) is 14.4. The number of aliphatic carboxylic acids is 1. The molecule has 236 valence electrons. The Bertz CT molecular complexity index is 1680. The Morgan fingerprint density at radius 2 is 1.52 bits per heavy atom. The monoisotopic (exact) mass is 638 g/mol. The summed E-state index contributed by atoms with van der Waals surface area (Å²) in [4.78, 5) is 37.1. The normalized spacial score (nSPS) is 12.4. The zero-order valence-corrected chi connectivity index (χ0v) is 25.1. The predicted octanol–water partition coefficient (Wildman–Crippen LogP) is 5.53. The SMILES string of the molecule is COC(=O)c1ccc(NC(=O)c2c(-c3ccccc3)c(-c3ccc(F)cc3)c(C=C[C@@H](O)C[C@@H](O)CC(=O)O)n2C(C)C)cc1.[NaH]. The van der Waals surface area contributed by atoms with Crippen molar-refractivity contribution >= 4 is 59.2 Å². The number of rotatable bonds is 12. The molecule has 0 aliphatic carbocycles. The first kappa shape index (κ1) is 36.4. The van der Waals surface area contributed by atoms with E-state index in [0.717, 1.165) is 5.56 Å². The second-order valence-corrected chi connectivity index (χ2v) is 10.8. The zero-order chi connectivity index (χ0) is 32.7. The Labute approximate surface area is 288 Å². The Morgan fingerprint density at radius 3 is 2.09 bits per heavy atom. The third kappa shape index (κ3) is 8.80. The van der Waals surface area contributed by atoms with Crippen LogP contribution in [-0.4, -0.2) is 86.6 Å². The number of aromatic nitrogens is 1. The quantitative estimate of drug-likeness (QED) is 0.118. The maximum atomic E-state index is 14.2. The second kappa shape index (κ2) is 16.5. The van der Waals surface area contributed by atoms with Crippen molar-refractivity contribution in [1.82, 2.24) is 4.57 Å². The van der Waals surface area contributed by atoms with Crippen LogP contribution in [0.3, 0.4) is 0 Å². The van der Waals surface area contributed by atoms with Crippen molar-refractivity contribution in [3.8, 4) is 22.3 Å². The van der Waals surface area contributed by atoms with Crippen molar-refractivity contribution in [3.05, 3.63) is 108 Å². The van der Waals surface area contributed by atoms with Crippen molar-refractivity contribution in [3.63, 3.8) is 0 Å². The summed E-state index contributed by atoms with van der Waals surface area (Å²) in [6.45, 7) is 3.80. The molecule has 3 aromatic carbocycles. The summed E-state index contributed by atoms with van der Waals surface area (Å²) in [5, 5.41) is 32.7. The van der Waals surface area contributed by atoms with Gasteiger partial charge in [0.1, 0.15) is 11.5 Å². The molecular weight excluding hydrogens is 602 g/mol. The van der Waals surface area contributed by atoms with Crippen molar-refractivity contribution in [2.24, 2.45) is 0 Å². The number of aliphatic hydroxyl groups excluding tert-OH is 2. The first-order valence-corrected chi connectivity index (χ1v) is 14.4. The van der Waals surface area contributed by atoms with Crippen LogP contribution in [0.2, 0.25) is 0 Å². The van der Waals surface area contributed by atoms with E-state index in [-0.39, 0.29) is 42.0 Å². The van der Waals surface area contributed by atoms with Crippen LogP contribution < -0.4 is 5.32 Å². The molecule has 0 saturated carbocycles. The van der Waals surface area contributed by atoms with Crippen molar-refractivity contribution < 1.29 is 38.8 Å². The molecule has 0 radical (unpaired) electrons. The van der Waals surface area contributed by atoms with Crippen LogP contribution in [0.25, 0.3) is 28.3 Å². The molecule has 11 heteroatoms. The van der Waals surface area contributed by atoms with Gasteiger partial charge in [-0.3, -0.25) is 9.59 Å². The van der Waals surface area contributed by atoms with Gasteiger partial charge >= 0.3 is 41.5 Å². The number of amides is 1. The Morgan fingerprint density at radius 1 is 0.913 bits per heavy atom. The van der Waals surface area contributed by atoms with E-state index in [1.165, 1.54) is 25.3 Å². The molecule has 4 rings (SSSR count). The number of esters is 1. The minimum atomic E-state index is -1.26. The summed E-state index contributed by atoms with van der Waals surface area (Å²) in [7, 11) is 1.28. The number of anilines is 1. The van der Waals surface area contributed by atoms with E-state index in [4.69, 9.17) is 9.84 Å². The number of nitrogens with zero attached hydrogens (tertiary/aromatic N) is 1. The van der Waals surface area contributed by atoms with E-state index < -0.39 is 42.3 Å². The van der Waals surface area contributed by atoms with Crippen LogP contribution in [0.15, 0.2) is 84.9 Å². The summed E-state index contributed by atoms with van der Waals surface area (Å²) in [5.41, 5.74) is 4.10. The number of aliphatic hydroxyl groups is 2. The number of ether oxygens (including phenoxy) is 1. The van der Waals surface area contributed by atoms with E-state index >= 15 is 0 Å². The molecule has 0 aliphatic rings. The Hall–Kier alpha value is -4.06. The standard InChI is InChI=1S/C35H35FN2O7.Na.H/c1-21(2)38-29(18-17-27(39)19-28(40)20-30(41)42)31(23-9-13-25(36)14-10-23)32(22-7-5-4-6-8-22)33(38)34(43)37-26-15-11-24(12-16-26)35(44)45-3;;/h4-18,21,27-28,39-40H,19-20H2,1-3H3,(H,37,43)(H,41,42);;/t27-,28-;;/m1../s1. The van der Waals surface area contributed by atoms with Crippen molar-refractivity contribution in [1.29, 1.82) is 0 Å². The number of benzene rings is 3. The van der Waals surface area contributed by atoms with E-state index in [0.29, 0.717) is 39.3 Å². The molecule has 0 aliphatic heterocycles. The number of methoxy groups -OCH3 is 1. The molecule has 0 spiro atoms. The van der Waals surface area contributed by atoms with Gasteiger partial charge in [-0.05, 0) is 67.4 Å². The predicted molar refractivity (Wildman–Crippen MR) is 176 cm³/mol. The number of hydrogen-bond acceptors (Lipinski definition) is 6. The van der Waals surface area contributed by atoms with Gasteiger partial charge in [-0.25, -0.2) is 9.18 Å². The first-order chi connectivity index (χ1) is 21.5. The van der Waals surface area contributed by atoms with Crippen LogP contribution in [0, 0.1) is 5.82 Å². The number of carbonyl (C=O) groups is 3. The number of nitrogens with one attached hydrogen (secondary N) is 1. The zero-order valence-electron chi connectivity index (χ0n) is 25.1. The van der Waals surface area contributed by atoms with E-state index in [1.807, 2.05) is 48.7 Å². The molecule has 4 N–H and O–H groups in total. The summed E-state index contributed by atoms with van der Waals surface area (Å²) in [5.74, 6) is -2.58. The number of carbonyl (C=O) groups excluding carboxylic acids is 2. The van der Waals surface area contributed by atoms with E-state index in [1.54, 1.807) is 42.5 Å². The molecule has 0 bridgehead atoms. The molecule has 0 saturated heterocycles. The average Bonchev–Trinajstić information content (AvgIpc) is 3.36. The molecule has 9 nitrogen and oxygen atoms in total. The van der Waals surface area contributed by atoms with Crippen molar-refractivity contribution in [2.45, 2.75) is 44.9 Å². The van der Waals surface area contributed by atoms with Gasteiger partial charge in [0.05, 0.1) is 31.3 Å². The number of carboxylic acid groups (broad SMARTS) is 1. The summed E-state index contributed by atoms with van der Waals surface area (Å²) >= 11 is 0. The molecule has 1 amide bonds. The fourth-order valence-corrected chi connectivity index (χ4v) is 5.17. The second-order valence-electron chi connectivity index (χ2n) is 10.8. The van der Waals surface area contributed by atoms with Crippen LogP contribution in [0.1, 0.15) is 59.3 Å². The van der Waals surface area contributed by atoms with Gasteiger partial charge in [-0.1, -0.05) is 48.5 Å². The topological polar surface area (TPSA) is 138 Å². The van der Waals surface area contributed by atoms with Gasteiger partial charge in [0, 0.05) is 35.0 Å². The van der Waals surface area contributed by atoms with E-state index in [2.05, 4.69) is 5.32 Å². The molecular formula is C35H36FN2NaO7. The molecule has 0 fully saturated rings. The number of halogens is 1. The fourth-order valence-electron chi connectivity index (χ4n) is 5.17. The van der Waals surface area contributed by atoms with Crippen LogP contribution in [-0.2, 0) is 9.53 Å². The Balaban J connectivity index is 0.00000576. The molecule has 4 aromatic rings. The van der Waals surface area contributed by atoms with E-state index in [9.17, 15) is 29.0 Å². The molecule has 0 unspecified atom stereocenters. The molecule has 1 aromatic heterocycles. The van der Waals surface area contributed by atoms with Crippen LogP contribution >= 0.6 is 0 Å². The molecule has 2 atom stereocenters. The summed E-state index contributed by atoms with van der Waals surface area (Å²) in [6, 6.07) is 21.1. The molecule has 46 heavy (non-hydrogen) atoms. The average molecular weight is 639 g/mol. The number of hydrogen-bond donors (Lipinski definition) is 4. The third-order valence-corrected chi connectivity index (χ3v) is 7.13. The maximum absolute atomic E-state index is 14.2. The van der Waals surface area contributed by atoms with Gasteiger partial charge < -0.3 is 29.9 Å². The van der Waals surface area contributed by atoms with Crippen molar-refractivity contribution in [2.75, 3.05) is 12.4 Å². The third-order valence-electron chi connectivity index (χ3n) is 7.13. The Kier molecular flexibility index (Phi) is 13.0. The summed E-state index contributed by atoms with van der Waals surface area (Å²) in [6.07, 6.45) is -0.113. The van der Waals surface area contributed by atoms with Gasteiger partial charge in [0.25, 0.3) is 5.91 Å². The summed E-state index contributed by atoms with van der Waals surface area (Å²) < 4.78 is 20.6. The van der Waals surface area contributed by atoms with Crippen LogP contribution in [0.4, 0.5) is 10.1 Å². The van der Waals surface area contributed by atoms with Crippen LogP contribution in [0.5, 0.6) is 0 Å². The van der Waals surface area contributed by atoms with Gasteiger partial charge in [-0.15, -0.1) is 0 Å². The number of carboxylic acids is 1. The van der Waals surface area contributed by atoms with Gasteiger partial charge in [0.15, 0.2) is 0 Å².